The van der Waals surface area contributed by atoms with Gasteiger partial charge in [0.05, 0.1) is 55.3 Å². The van der Waals surface area contributed by atoms with Crippen molar-refractivity contribution in [1.29, 1.82) is 0 Å². The monoisotopic (exact) mass is 1440 g/mol. The summed E-state index contributed by atoms with van der Waals surface area (Å²) < 4.78 is 78.7. The summed E-state index contributed by atoms with van der Waals surface area (Å²) in [5.74, 6) is -4.16. The third-order valence-electron chi connectivity index (χ3n) is 22.2. The van der Waals surface area contributed by atoms with Gasteiger partial charge in [0.25, 0.3) is 8.32 Å². The van der Waals surface area contributed by atoms with Crippen molar-refractivity contribution in [2.45, 2.75) is 315 Å². The summed E-state index contributed by atoms with van der Waals surface area (Å²) in [6, 6.07) is 21.4. The van der Waals surface area contributed by atoms with Gasteiger partial charge < -0.3 is 50.9 Å². The van der Waals surface area contributed by atoms with Crippen LogP contribution < -0.4 is 10.4 Å². The normalized spacial score (nSPS) is 32.1. The number of benzene rings is 2. The molecule has 3 saturated heterocycles. The summed E-state index contributed by atoms with van der Waals surface area (Å²) in [5.41, 5.74) is 0. The van der Waals surface area contributed by atoms with Crippen LogP contribution in [0.25, 0.3) is 0 Å². The number of ether oxygens (including phenoxy) is 7. The maximum Gasteiger partial charge on any atom is 0.308 e. The molecule has 13 atom stereocenters. The van der Waals surface area contributed by atoms with E-state index in [4.69, 9.17) is 50.9 Å². The lowest BCUT2D eigenvalue weighted by atomic mass is 9.83. The van der Waals surface area contributed by atoms with Crippen molar-refractivity contribution in [3.63, 3.8) is 0 Å². The quantitative estimate of drug-likeness (QED) is 0.147. The van der Waals surface area contributed by atoms with Gasteiger partial charge in [-0.1, -0.05) is 237 Å². The van der Waals surface area contributed by atoms with Crippen molar-refractivity contribution in [2.75, 3.05) is 13.7 Å². The molecule has 0 amide bonds. The second-order valence-corrected chi connectivity index (χ2v) is 53.7. The first-order valence-corrected chi connectivity index (χ1v) is 47.5. The lowest BCUT2D eigenvalue weighted by Crippen LogP contribution is -2.68. The minimum absolute atomic E-state index is 0.0236. The molecule has 554 valence electrons. The fraction of sp³-hybridized carbons (Fsp3) is 0.659. The molecule has 4 aliphatic heterocycles. The summed E-state index contributed by atoms with van der Waals surface area (Å²) in [5, 5.41) is 1.72. The minimum atomic E-state index is -3.12. The van der Waals surface area contributed by atoms with Crippen molar-refractivity contribution >= 4 is 55.4 Å². The molecule has 4 aliphatic rings. The fourth-order valence-corrected chi connectivity index (χ4v) is 22.4. The van der Waals surface area contributed by atoms with Crippen LogP contribution in [-0.4, -0.2) is 131 Å². The molecule has 6 rings (SSSR count). The van der Waals surface area contributed by atoms with Gasteiger partial charge in [-0.15, -0.1) is 0 Å². The summed E-state index contributed by atoms with van der Waals surface area (Å²) in [6.07, 6.45) is 26.7. The molecule has 2 aromatic carbocycles. The van der Waals surface area contributed by atoms with Gasteiger partial charge in [-0.05, 0) is 129 Å². The largest absolute Gasteiger partial charge is 0.462 e. The van der Waals surface area contributed by atoms with Crippen LogP contribution in [0.3, 0.4) is 0 Å². The zero-order chi connectivity index (χ0) is 73.9. The highest BCUT2D eigenvalue weighted by molar-refractivity contribution is 6.99. The molecule has 4 heterocycles. The number of rotatable bonds is 12. The van der Waals surface area contributed by atoms with Gasteiger partial charge in [-0.2, -0.15) is 0 Å². The Morgan fingerprint density at radius 2 is 0.960 bits per heavy atom. The van der Waals surface area contributed by atoms with Gasteiger partial charge in [0, 0.05) is 57.7 Å². The number of hydrogen-bond donors (Lipinski definition) is 0. The number of allylic oxidation sites excluding steroid dienone is 13. The topological polar surface area (TPSA) is 136 Å². The molecule has 6 bridgehead atoms. The van der Waals surface area contributed by atoms with Gasteiger partial charge in [-0.25, -0.2) is 0 Å². The average Bonchev–Trinajstić information content (AvgIpc) is 0.746. The number of methoxy groups -OCH3 is 1. The van der Waals surface area contributed by atoms with Gasteiger partial charge in [0.15, 0.2) is 48.1 Å². The number of hydrogen-bond acceptors (Lipinski definition) is 13. The zero-order valence-corrected chi connectivity index (χ0v) is 70.0. The summed E-state index contributed by atoms with van der Waals surface area (Å²) in [7, 11) is -8.69. The van der Waals surface area contributed by atoms with Crippen molar-refractivity contribution in [3.8, 4) is 0 Å². The van der Waals surface area contributed by atoms with Crippen LogP contribution in [0.4, 0.5) is 0 Å². The van der Waals surface area contributed by atoms with Crippen molar-refractivity contribution in [2.24, 2.45) is 17.8 Å². The first-order valence-electron chi connectivity index (χ1n) is 36.9. The molecule has 0 spiro atoms. The van der Waals surface area contributed by atoms with E-state index in [1.807, 2.05) is 95.4 Å². The molecular weight excluding hydrogens is 1310 g/mol. The zero-order valence-electron chi connectivity index (χ0n) is 66.0. The average molecular weight is 1440 g/mol. The van der Waals surface area contributed by atoms with Gasteiger partial charge in [0.2, 0.25) is 0 Å². The second-order valence-electron chi connectivity index (χ2n) is 35.2. The van der Waals surface area contributed by atoms with E-state index < -0.39 is 87.3 Å². The Bertz CT molecular complexity index is 3060. The van der Waals surface area contributed by atoms with Gasteiger partial charge in [0.1, 0.15) is 6.10 Å². The highest BCUT2D eigenvalue weighted by Crippen LogP contribution is 2.49. The highest BCUT2D eigenvalue weighted by atomic mass is 28.4. The molecule has 17 heteroatoms. The van der Waals surface area contributed by atoms with E-state index >= 15 is 0 Å². The van der Waals surface area contributed by atoms with Gasteiger partial charge >= 0.3 is 5.97 Å². The standard InChI is InChI=1S/C82H132O13Si4/c1-60-45-39-35-33-31-29-27-28-30-32-34-36-40-46-63(83)53-71-69(59-86-99(79(13,14)15,67-47-41-37-42-48-67)68-49-43-38-44-50-68)73(94-97(23,24)77(7,8)9)58-82(85-20,92-71)57-66-55-72(91-81(18,19)90-66)70(93-96(21,22)76(4,5)6)52-51-64-54-65(89-80(16,17)88-64)56-74(84)87-62(3)61(2)75(60)95-98(25,26)78(10,11)12/h27-50,60-62,64-66,69-73,75H,51-59H2,1-26H3/b28-27+,31-29+,32-30+,35-33+,36-34+,45-39+,46-40+/t60-,61-,62-,64+,65+,66-,69-,70+,71-,72+,73-,75+,82+/m0/s1. The minimum Gasteiger partial charge on any atom is -0.462 e. The second kappa shape index (κ2) is 34.4. The van der Waals surface area contributed by atoms with Crippen molar-refractivity contribution < 1.29 is 60.5 Å². The molecule has 0 aromatic heterocycles. The molecule has 0 N–H and O–H groups in total. The third kappa shape index (κ3) is 23.4. The smallest absolute Gasteiger partial charge is 0.308 e. The highest BCUT2D eigenvalue weighted by Gasteiger charge is 2.57. The molecule has 0 saturated carbocycles. The predicted octanol–water partition coefficient (Wildman–Crippen LogP) is 18.9. The predicted molar refractivity (Wildman–Crippen MR) is 415 cm³/mol. The van der Waals surface area contributed by atoms with Crippen LogP contribution in [0, 0.1) is 17.8 Å². The van der Waals surface area contributed by atoms with Crippen LogP contribution >= 0.6 is 0 Å². The Morgan fingerprint density at radius 1 is 0.495 bits per heavy atom. The van der Waals surface area contributed by atoms with Gasteiger partial charge in [-0.3, -0.25) is 9.59 Å². The number of carbonyl (C=O) groups excluding carboxylic acids is 2. The fourth-order valence-electron chi connectivity index (χ4n) is 13.6. The van der Waals surface area contributed by atoms with E-state index in [9.17, 15) is 9.59 Å². The molecule has 0 radical (unpaired) electrons. The molecule has 13 nitrogen and oxygen atoms in total. The summed E-state index contributed by atoms with van der Waals surface area (Å²) in [4.78, 5) is 29.1. The lowest BCUT2D eigenvalue weighted by molar-refractivity contribution is -0.347. The Balaban J connectivity index is 1.45. The number of esters is 1. The Labute approximate surface area is 604 Å². The van der Waals surface area contributed by atoms with Crippen LogP contribution in [-0.2, 0) is 60.5 Å². The van der Waals surface area contributed by atoms with E-state index in [2.05, 4.69) is 209 Å². The molecule has 0 unspecified atom stereocenters. The Morgan fingerprint density at radius 3 is 1.46 bits per heavy atom. The van der Waals surface area contributed by atoms with E-state index in [0.29, 0.717) is 38.5 Å². The van der Waals surface area contributed by atoms with Crippen LogP contribution in [0.1, 0.15) is 183 Å². The third-order valence-corrected chi connectivity index (χ3v) is 40.7. The molecule has 99 heavy (non-hydrogen) atoms. The number of carbonyl (C=O) groups is 2. The molecular formula is C82H132O13Si4. The molecule has 0 aliphatic carbocycles. The van der Waals surface area contributed by atoms with Crippen LogP contribution in [0.15, 0.2) is 146 Å². The van der Waals surface area contributed by atoms with E-state index in [0.717, 1.165) is 0 Å². The SMILES string of the molecule is CO[C@]12C[C@@H]3C[C@@H](OC(C)(C)O3)[C@H](O[Si](C)(C)C(C)(C)C)CC[C@@H]3C[C@H](CC(=O)O[C@@H](C)[C@H](C)[C@H](O[Si](C)(C)C(C)(C)C)[C@@H](C)/C=C/C=C/C=C/C=C/C=C/C=C/C=C/C(=O)C[C@H](O1)[C@H](CO[Si](c1ccccc1)(c1ccccc1)C(C)(C)C)[C@@H](O[Si](C)(C)C(C)(C)C)C2)OC(C)(C)O3. The molecule has 3 fully saturated rings. The van der Waals surface area contributed by atoms with E-state index in [-0.39, 0.29) is 87.4 Å². The first kappa shape index (κ1) is 84.2. The molecule has 2 aromatic rings. The number of fused-ring (bicyclic) bond motifs is 6. The Kier molecular flexibility index (Phi) is 29.3. The van der Waals surface area contributed by atoms with Crippen LogP contribution in [0.2, 0.25) is 59.4 Å². The summed E-state index contributed by atoms with van der Waals surface area (Å²) >= 11 is 0. The number of ketones is 1. The Hall–Kier alpha value is -3.77. The summed E-state index contributed by atoms with van der Waals surface area (Å²) in [6.45, 7) is 55.4. The maximum absolute atomic E-state index is 14.8. The van der Waals surface area contributed by atoms with Crippen LogP contribution in [0.5, 0.6) is 0 Å². The van der Waals surface area contributed by atoms with Crippen molar-refractivity contribution in [3.05, 3.63) is 146 Å². The van der Waals surface area contributed by atoms with Crippen molar-refractivity contribution in [1.82, 2.24) is 0 Å². The first-order chi connectivity index (χ1) is 45.8. The lowest BCUT2D eigenvalue weighted by Gasteiger charge is -2.53. The van der Waals surface area contributed by atoms with E-state index in [1.54, 1.807) is 19.3 Å². The number of cyclic esters (lactones) is 1. The van der Waals surface area contributed by atoms with E-state index in [1.165, 1.54) is 10.4 Å². The maximum atomic E-state index is 14.8.